The Kier molecular flexibility index (Phi) is 5.12. The number of rotatable bonds is 5. The van der Waals surface area contributed by atoms with Gasteiger partial charge in [-0.15, -0.1) is 0 Å². The van der Waals surface area contributed by atoms with E-state index in [1.807, 2.05) is 6.07 Å². The third-order valence-corrected chi connectivity index (χ3v) is 4.49. The molecule has 27 heavy (non-hydrogen) atoms. The fraction of sp³-hybridized carbons (Fsp3) is 0.250. The summed E-state index contributed by atoms with van der Waals surface area (Å²) in [7, 11) is 1.73. The lowest BCUT2D eigenvalue weighted by molar-refractivity contribution is -0.139. The van der Waals surface area contributed by atoms with Crippen molar-refractivity contribution in [1.82, 2.24) is 0 Å². The van der Waals surface area contributed by atoms with Gasteiger partial charge in [0.2, 0.25) is 5.91 Å². The lowest BCUT2D eigenvalue weighted by Gasteiger charge is -2.26. The van der Waals surface area contributed by atoms with Gasteiger partial charge < -0.3 is 20.1 Å². The van der Waals surface area contributed by atoms with Gasteiger partial charge in [0.15, 0.2) is 6.61 Å². The Balaban J connectivity index is 1.74. The van der Waals surface area contributed by atoms with Gasteiger partial charge in [0.1, 0.15) is 5.75 Å². The summed E-state index contributed by atoms with van der Waals surface area (Å²) in [5.74, 6) is -0.806. The zero-order valence-electron chi connectivity index (χ0n) is 15.1. The van der Waals surface area contributed by atoms with E-state index in [1.54, 1.807) is 49.2 Å². The van der Waals surface area contributed by atoms with Crippen LogP contribution in [0.5, 0.6) is 5.75 Å². The van der Waals surface area contributed by atoms with Crippen LogP contribution in [0.25, 0.3) is 0 Å². The molecule has 1 heterocycles. The molecule has 0 spiro atoms. The molecule has 140 valence electrons. The van der Waals surface area contributed by atoms with Crippen LogP contribution >= 0.6 is 0 Å². The first-order chi connectivity index (χ1) is 12.8. The third-order valence-electron chi connectivity index (χ3n) is 4.49. The normalized spacial score (nSPS) is 13.1. The number of amides is 2. The van der Waals surface area contributed by atoms with Gasteiger partial charge in [-0.25, -0.2) is 4.79 Å². The number of ether oxygens (including phenoxy) is 1. The van der Waals surface area contributed by atoms with Gasteiger partial charge >= 0.3 is 5.97 Å². The summed E-state index contributed by atoms with van der Waals surface area (Å²) in [5, 5.41) is 11.5. The quantitative estimate of drug-likeness (QED) is 0.846. The van der Waals surface area contributed by atoms with Crippen LogP contribution in [0.15, 0.2) is 36.4 Å². The topological polar surface area (TPSA) is 95.9 Å². The standard InChI is InChI=1S/C20H20N2O5/c1-12-9-15(27-11-19(24)25)5-6-16(12)21-20(26)14-3-7-17-13(10-14)4-8-18(23)22(17)2/h3,5-7,9-10H,4,8,11H2,1-2H3,(H,21,26)(H,24,25). The maximum atomic E-state index is 12.6. The molecule has 2 N–H and O–H groups in total. The average molecular weight is 368 g/mol. The van der Waals surface area contributed by atoms with Crippen LogP contribution in [0.3, 0.4) is 0 Å². The van der Waals surface area contributed by atoms with Crippen LogP contribution < -0.4 is 15.0 Å². The van der Waals surface area contributed by atoms with E-state index in [0.29, 0.717) is 29.8 Å². The monoisotopic (exact) mass is 368 g/mol. The van der Waals surface area contributed by atoms with E-state index in [2.05, 4.69) is 5.32 Å². The number of fused-ring (bicyclic) bond motifs is 1. The van der Waals surface area contributed by atoms with E-state index in [1.165, 1.54) is 0 Å². The molecule has 0 unspecified atom stereocenters. The summed E-state index contributed by atoms with van der Waals surface area (Å²) in [5.41, 5.74) is 3.70. The fourth-order valence-electron chi connectivity index (χ4n) is 3.00. The predicted octanol–water partition coefficient (Wildman–Crippen LogP) is 2.62. The van der Waals surface area contributed by atoms with Gasteiger partial charge in [-0.05, 0) is 60.9 Å². The lowest BCUT2D eigenvalue weighted by atomic mass is 9.99. The van der Waals surface area contributed by atoms with Crippen LogP contribution in [0.4, 0.5) is 11.4 Å². The summed E-state index contributed by atoms with van der Waals surface area (Å²) in [4.78, 5) is 36.5. The molecule has 0 aliphatic carbocycles. The Morgan fingerprint density at radius 1 is 1.19 bits per heavy atom. The van der Waals surface area contributed by atoms with Crippen molar-refractivity contribution in [2.75, 3.05) is 23.9 Å². The second kappa shape index (κ2) is 7.49. The van der Waals surface area contributed by atoms with Crippen LogP contribution in [-0.2, 0) is 16.0 Å². The van der Waals surface area contributed by atoms with Gasteiger partial charge in [-0.1, -0.05) is 0 Å². The summed E-state index contributed by atoms with van der Waals surface area (Å²) in [6, 6.07) is 10.3. The molecule has 2 aromatic carbocycles. The van der Waals surface area contributed by atoms with E-state index in [-0.39, 0.29) is 11.8 Å². The lowest BCUT2D eigenvalue weighted by Crippen LogP contribution is -2.31. The molecule has 0 bridgehead atoms. The molecule has 0 saturated heterocycles. The van der Waals surface area contributed by atoms with Crippen LogP contribution in [0.2, 0.25) is 0 Å². The first-order valence-corrected chi connectivity index (χ1v) is 8.51. The minimum absolute atomic E-state index is 0.0699. The number of nitrogens with zero attached hydrogens (tertiary/aromatic N) is 1. The molecule has 7 nitrogen and oxygen atoms in total. The second-order valence-electron chi connectivity index (χ2n) is 6.41. The Hall–Kier alpha value is -3.35. The number of anilines is 2. The second-order valence-corrected chi connectivity index (χ2v) is 6.41. The van der Waals surface area contributed by atoms with Crippen molar-refractivity contribution in [3.8, 4) is 5.75 Å². The Morgan fingerprint density at radius 2 is 1.96 bits per heavy atom. The van der Waals surface area contributed by atoms with Gasteiger partial charge in [0, 0.05) is 30.4 Å². The SMILES string of the molecule is Cc1cc(OCC(=O)O)ccc1NC(=O)c1ccc2c(c1)CCC(=O)N2C. The number of aliphatic carboxylic acids is 1. The minimum atomic E-state index is -1.05. The summed E-state index contributed by atoms with van der Waals surface area (Å²) in [6.45, 7) is 1.38. The van der Waals surface area contributed by atoms with Gasteiger partial charge in [0.05, 0.1) is 0 Å². The molecule has 2 aromatic rings. The molecule has 3 rings (SSSR count). The van der Waals surface area contributed by atoms with E-state index in [0.717, 1.165) is 16.8 Å². The zero-order valence-corrected chi connectivity index (χ0v) is 15.1. The number of carboxylic acids is 1. The summed E-state index contributed by atoms with van der Waals surface area (Å²) < 4.78 is 5.13. The molecule has 0 fully saturated rings. The van der Waals surface area contributed by atoms with Gasteiger partial charge in [-0.2, -0.15) is 0 Å². The van der Waals surface area contributed by atoms with Gasteiger partial charge in [0.25, 0.3) is 5.91 Å². The first kappa shape index (κ1) is 18.4. The van der Waals surface area contributed by atoms with Crippen molar-refractivity contribution in [2.45, 2.75) is 19.8 Å². The number of hydrogen-bond acceptors (Lipinski definition) is 4. The minimum Gasteiger partial charge on any atom is -0.482 e. The van der Waals surface area contributed by atoms with E-state index >= 15 is 0 Å². The van der Waals surface area contributed by atoms with Crippen molar-refractivity contribution < 1.29 is 24.2 Å². The summed E-state index contributed by atoms with van der Waals surface area (Å²) in [6.07, 6.45) is 1.06. The number of hydrogen-bond donors (Lipinski definition) is 2. The number of nitrogens with one attached hydrogen (secondary N) is 1. The molecule has 2 amide bonds. The van der Waals surface area contributed by atoms with Crippen molar-refractivity contribution in [2.24, 2.45) is 0 Å². The molecule has 7 heteroatoms. The molecule has 0 saturated carbocycles. The zero-order chi connectivity index (χ0) is 19.6. The highest BCUT2D eigenvalue weighted by molar-refractivity contribution is 6.05. The first-order valence-electron chi connectivity index (χ1n) is 8.51. The van der Waals surface area contributed by atoms with E-state index in [4.69, 9.17) is 9.84 Å². The molecule has 0 atom stereocenters. The highest BCUT2D eigenvalue weighted by atomic mass is 16.5. The molecule has 1 aliphatic heterocycles. The summed E-state index contributed by atoms with van der Waals surface area (Å²) >= 11 is 0. The fourth-order valence-corrected chi connectivity index (χ4v) is 3.00. The largest absolute Gasteiger partial charge is 0.482 e. The van der Waals surface area contributed by atoms with Crippen LogP contribution in [-0.4, -0.2) is 36.5 Å². The Morgan fingerprint density at radius 3 is 2.67 bits per heavy atom. The molecule has 0 aromatic heterocycles. The van der Waals surface area contributed by atoms with Crippen LogP contribution in [0, 0.1) is 6.92 Å². The Bertz CT molecular complexity index is 923. The van der Waals surface area contributed by atoms with Crippen molar-refractivity contribution in [3.05, 3.63) is 53.1 Å². The van der Waals surface area contributed by atoms with Crippen molar-refractivity contribution in [1.29, 1.82) is 0 Å². The number of carbonyl (C=O) groups excluding carboxylic acids is 2. The highest BCUT2D eigenvalue weighted by Gasteiger charge is 2.22. The van der Waals surface area contributed by atoms with E-state index in [9.17, 15) is 14.4 Å². The number of aryl methyl sites for hydroxylation is 2. The molecular formula is C20H20N2O5. The average Bonchev–Trinajstić information content (AvgIpc) is 2.64. The number of carbonyl (C=O) groups is 3. The molecular weight excluding hydrogens is 348 g/mol. The van der Waals surface area contributed by atoms with Crippen molar-refractivity contribution in [3.63, 3.8) is 0 Å². The number of benzene rings is 2. The molecule has 1 aliphatic rings. The maximum Gasteiger partial charge on any atom is 0.341 e. The molecule has 0 radical (unpaired) electrons. The van der Waals surface area contributed by atoms with E-state index < -0.39 is 12.6 Å². The third kappa shape index (κ3) is 4.08. The van der Waals surface area contributed by atoms with Gasteiger partial charge in [-0.3, -0.25) is 9.59 Å². The van der Waals surface area contributed by atoms with Crippen LogP contribution in [0.1, 0.15) is 27.9 Å². The highest BCUT2D eigenvalue weighted by Crippen LogP contribution is 2.28. The number of carboxylic acid groups (broad SMARTS) is 1. The maximum absolute atomic E-state index is 12.6. The van der Waals surface area contributed by atoms with Crippen molar-refractivity contribution >= 4 is 29.2 Å². The predicted molar refractivity (Wildman–Crippen MR) is 100 cm³/mol. The Labute approximate surface area is 156 Å². The smallest absolute Gasteiger partial charge is 0.341 e.